The van der Waals surface area contributed by atoms with E-state index in [2.05, 4.69) is 52.9 Å². The van der Waals surface area contributed by atoms with Gasteiger partial charge in [-0.15, -0.1) is 0 Å². The van der Waals surface area contributed by atoms with Crippen LogP contribution < -0.4 is 24.8 Å². The van der Waals surface area contributed by atoms with E-state index in [9.17, 15) is 15.0 Å². The summed E-state index contributed by atoms with van der Waals surface area (Å²) in [6.45, 7) is 19.9. The Balaban J connectivity index is 1.20. The largest absolute Gasteiger partial charge is 0.511 e. The first kappa shape index (κ1) is 40.6. The number of benzene rings is 4. The average Bonchev–Trinajstić information content (AvgIpc) is 3.61. The van der Waals surface area contributed by atoms with Crippen molar-refractivity contribution >= 4 is 23.2 Å². The highest BCUT2D eigenvalue weighted by atomic mass is 35.5. The van der Waals surface area contributed by atoms with Gasteiger partial charge in [-0.1, -0.05) is 48.5 Å². The van der Waals surface area contributed by atoms with Gasteiger partial charge in [0.05, 0.1) is 30.3 Å². The SMILES string of the molecule is [C-]#[N+]c1cc2cc(c1)C(=O)NCCCC[C@@H](C(=C)O)NCc1cc(Cl)c(OCc3cccc(-c4cccc(OCCCN5CC[C@@H](O)C5)c4C)c3C)cc1OC2. The maximum atomic E-state index is 13.0. The van der Waals surface area contributed by atoms with Gasteiger partial charge in [-0.3, -0.25) is 4.79 Å². The van der Waals surface area contributed by atoms with Gasteiger partial charge in [0.25, 0.3) is 0 Å². The van der Waals surface area contributed by atoms with E-state index < -0.39 is 0 Å². The Kier molecular flexibility index (Phi) is 13.9. The Morgan fingerprint density at radius 1 is 1.04 bits per heavy atom. The van der Waals surface area contributed by atoms with Crippen LogP contribution in [0.4, 0.5) is 5.69 Å². The predicted octanol–water partition coefficient (Wildman–Crippen LogP) is 8.61. The molecule has 0 radical (unpaired) electrons. The summed E-state index contributed by atoms with van der Waals surface area (Å²) in [6.07, 6.45) is 3.60. The molecule has 10 nitrogen and oxygen atoms in total. The van der Waals surface area contributed by atoms with E-state index >= 15 is 0 Å². The lowest BCUT2D eigenvalue weighted by Crippen LogP contribution is -2.31. The Morgan fingerprint density at radius 2 is 1.84 bits per heavy atom. The molecule has 2 atom stereocenters. The highest BCUT2D eigenvalue weighted by Gasteiger charge is 2.21. The zero-order chi connectivity index (χ0) is 39.6. The average molecular weight is 779 g/mol. The molecule has 2 bridgehead atoms. The van der Waals surface area contributed by atoms with E-state index in [1.165, 1.54) is 0 Å². The second-order valence-electron chi connectivity index (χ2n) is 14.6. The second kappa shape index (κ2) is 19.2. The molecule has 2 aliphatic rings. The molecule has 294 valence electrons. The summed E-state index contributed by atoms with van der Waals surface area (Å²) in [5.41, 5.74) is 7.51. The summed E-state index contributed by atoms with van der Waals surface area (Å²) in [4.78, 5) is 18.8. The van der Waals surface area contributed by atoms with Crippen LogP contribution in [0.3, 0.4) is 0 Å². The van der Waals surface area contributed by atoms with Gasteiger partial charge in [0, 0.05) is 49.9 Å². The molecule has 0 unspecified atom stereocenters. The van der Waals surface area contributed by atoms with Crippen LogP contribution in [0.5, 0.6) is 17.2 Å². The minimum atomic E-state index is -0.364. The van der Waals surface area contributed by atoms with E-state index in [0.717, 1.165) is 78.0 Å². The first-order valence-electron chi connectivity index (χ1n) is 19.3. The molecular formula is C45H51ClN4O6. The van der Waals surface area contributed by atoms with Crippen LogP contribution in [-0.2, 0) is 19.8 Å². The molecule has 1 amide bonds. The summed E-state index contributed by atoms with van der Waals surface area (Å²) in [7, 11) is 0. The number of nitrogens with one attached hydrogen (secondary N) is 2. The molecule has 4 N–H and O–H groups in total. The highest BCUT2D eigenvalue weighted by molar-refractivity contribution is 6.32. The fraction of sp³-hybridized carbons (Fsp3) is 0.378. The van der Waals surface area contributed by atoms with E-state index in [1.54, 1.807) is 30.3 Å². The number of aliphatic hydroxyl groups excluding tert-OH is 2. The molecule has 1 fully saturated rings. The molecule has 11 heteroatoms. The number of hydrogen-bond acceptors (Lipinski definition) is 8. The van der Waals surface area contributed by atoms with Crippen molar-refractivity contribution in [2.75, 3.05) is 32.8 Å². The molecule has 6 rings (SSSR count). The number of ether oxygens (including phenoxy) is 3. The van der Waals surface area contributed by atoms with Crippen LogP contribution in [0.2, 0.25) is 5.02 Å². The first-order valence-corrected chi connectivity index (χ1v) is 19.7. The molecule has 0 spiro atoms. The van der Waals surface area contributed by atoms with Gasteiger partial charge in [-0.05, 0) is 110 Å². The number of likely N-dealkylation sites (tertiary alicyclic amines) is 1. The molecular weight excluding hydrogens is 728 g/mol. The minimum absolute atomic E-state index is 0.0347. The van der Waals surface area contributed by atoms with E-state index in [0.29, 0.717) is 65.9 Å². The van der Waals surface area contributed by atoms with Gasteiger partial charge in [0.2, 0.25) is 5.91 Å². The number of β-amino-alcohol motifs (C(OH)–C–C–N with tert-alkyl or cyclic N) is 1. The summed E-state index contributed by atoms with van der Waals surface area (Å²) >= 11 is 6.87. The Labute approximate surface area is 334 Å². The molecule has 4 aromatic carbocycles. The molecule has 2 heterocycles. The molecule has 1 saturated heterocycles. The van der Waals surface area contributed by atoms with Gasteiger partial charge in [0.15, 0.2) is 5.69 Å². The van der Waals surface area contributed by atoms with Crippen molar-refractivity contribution < 1.29 is 29.2 Å². The monoisotopic (exact) mass is 778 g/mol. The zero-order valence-corrected chi connectivity index (χ0v) is 33.0. The van der Waals surface area contributed by atoms with Gasteiger partial charge >= 0.3 is 0 Å². The van der Waals surface area contributed by atoms with Crippen LogP contribution in [0.15, 0.2) is 79.1 Å². The van der Waals surface area contributed by atoms with Crippen molar-refractivity contribution in [3.8, 4) is 28.4 Å². The van der Waals surface area contributed by atoms with Crippen molar-refractivity contribution in [3.63, 3.8) is 0 Å². The number of fused-ring (bicyclic) bond motifs is 3. The molecule has 56 heavy (non-hydrogen) atoms. The summed E-state index contributed by atoms with van der Waals surface area (Å²) in [5.74, 6) is 1.60. The van der Waals surface area contributed by atoms with Gasteiger partial charge in [0.1, 0.15) is 36.2 Å². The van der Waals surface area contributed by atoms with Crippen molar-refractivity contribution in [1.82, 2.24) is 15.5 Å². The molecule has 2 aliphatic heterocycles. The highest BCUT2D eigenvalue weighted by Crippen LogP contribution is 2.37. The van der Waals surface area contributed by atoms with Gasteiger partial charge < -0.3 is 40.0 Å². The topological polar surface area (TPSA) is 117 Å². The standard InChI is InChI=1S/C45H51ClN4O6/c1-29-33(10-7-11-38(29)39-12-8-14-42(30(39)2)54-19-9-17-50-18-15-37(52)26-50)28-56-44-24-43-35(23-40(44)46)25-49-41(31(3)51)13-5-6-16-48-45(53)34-20-32(27-55-43)21-36(22-34)47-4/h7-8,10-12,14,20-24,37,41,49,51-52H,3,5-6,9,13,15-19,25-28H2,1-2H3,(H,48,53)/t37-,41+/m1/s1. The molecule has 4 aromatic rings. The van der Waals surface area contributed by atoms with Crippen molar-refractivity contribution in [1.29, 1.82) is 0 Å². The van der Waals surface area contributed by atoms with E-state index in [-0.39, 0.29) is 37.0 Å². The fourth-order valence-corrected chi connectivity index (χ4v) is 7.55. The number of halogens is 1. The summed E-state index contributed by atoms with van der Waals surface area (Å²) in [5, 5.41) is 26.9. The molecule has 0 aromatic heterocycles. The Bertz CT molecular complexity index is 2080. The summed E-state index contributed by atoms with van der Waals surface area (Å²) in [6, 6.07) is 20.6. The Hall–Kier alpha value is -5.05. The number of aliphatic hydroxyl groups is 2. The third-order valence-corrected chi connectivity index (χ3v) is 10.8. The number of hydrogen-bond donors (Lipinski definition) is 4. The van der Waals surface area contributed by atoms with Crippen LogP contribution >= 0.6 is 11.6 Å². The quantitative estimate of drug-likeness (QED) is 0.0719. The predicted molar refractivity (Wildman–Crippen MR) is 220 cm³/mol. The third-order valence-electron chi connectivity index (χ3n) is 10.6. The van der Waals surface area contributed by atoms with Gasteiger partial charge in [-0.25, -0.2) is 4.85 Å². The van der Waals surface area contributed by atoms with Crippen LogP contribution in [0.1, 0.15) is 70.3 Å². The number of nitrogens with zero attached hydrogens (tertiary/aromatic N) is 2. The first-order chi connectivity index (χ1) is 27.1. The van der Waals surface area contributed by atoms with Crippen molar-refractivity contribution in [3.05, 3.63) is 129 Å². The van der Waals surface area contributed by atoms with Crippen LogP contribution in [-0.4, -0.2) is 66.0 Å². The van der Waals surface area contributed by atoms with E-state index in [4.69, 9.17) is 32.4 Å². The lowest BCUT2D eigenvalue weighted by Gasteiger charge is -2.21. The number of rotatable bonds is 10. The lowest BCUT2D eigenvalue weighted by atomic mass is 9.93. The lowest BCUT2D eigenvalue weighted by molar-refractivity contribution is 0.0952. The Morgan fingerprint density at radius 3 is 2.61 bits per heavy atom. The second-order valence-corrected chi connectivity index (χ2v) is 15.0. The van der Waals surface area contributed by atoms with Gasteiger partial charge in [-0.2, -0.15) is 0 Å². The van der Waals surface area contributed by atoms with Crippen molar-refractivity contribution in [2.24, 2.45) is 0 Å². The smallest absolute Gasteiger partial charge is 0.250 e. The zero-order valence-electron chi connectivity index (χ0n) is 32.2. The number of carbonyl (C=O) groups excluding carboxylic acids is 1. The van der Waals surface area contributed by atoms with Crippen LogP contribution in [0.25, 0.3) is 16.0 Å². The molecule has 0 aliphatic carbocycles. The third kappa shape index (κ3) is 10.4. The maximum absolute atomic E-state index is 13.0. The van der Waals surface area contributed by atoms with E-state index in [1.807, 2.05) is 24.3 Å². The minimum Gasteiger partial charge on any atom is -0.511 e. The summed E-state index contributed by atoms with van der Waals surface area (Å²) < 4.78 is 19.0. The fourth-order valence-electron chi connectivity index (χ4n) is 7.31. The van der Waals surface area contributed by atoms with Crippen molar-refractivity contribution in [2.45, 2.75) is 77.9 Å². The molecule has 0 saturated carbocycles. The maximum Gasteiger partial charge on any atom is 0.250 e. The number of carbonyl (C=O) groups is 1. The number of amides is 1. The van der Waals surface area contributed by atoms with Crippen LogP contribution in [0, 0.1) is 20.4 Å². The normalized spacial score (nSPS) is 17.9.